The lowest BCUT2D eigenvalue weighted by atomic mass is 10.0. The predicted octanol–water partition coefficient (Wildman–Crippen LogP) is 5.73. The molecule has 0 spiro atoms. The molecule has 3 aromatic rings. The Kier molecular flexibility index (Phi) is 12.0. The van der Waals surface area contributed by atoms with Crippen molar-refractivity contribution < 1.29 is 43.2 Å². The normalized spacial score (nSPS) is 10.5. The van der Waals surface area contributed by atoms with Gasteiger partial charge in [0, 0.05) is 11.6 Å². The fourth-order valence-electron chi connectivity index (χ4n) is 3.43. The van der Waals surface area contributed by atoms with Gasteiger partial charge in [0.2, 0.25) is 0 Å². The highest BCUT2D eigenvalue weighted by Crippen LogP contribution is 2.23. The van der Waals surface area contributed by atoms with E-state index in [2.05, 4.69) is 13.2 Å². The smallest absolute Gasteiger partial charge is 0.462 e. The van der Waals surface area contributed by atoms with Gasteiger partial charge in [0.15, 0.2) is 5.78 Å². The highest BCUT2D eigenvalue weighted by Gasteiger charge is 2.09. The molecular weight excluding hydrogens is 540 g/mol. The molecule has 0 radical (unpaired) electrons. The van der Waals surface area contributed by atoms with Crippen LogP contribution in [0.15, 0.2) is 104 Å². The summed E-state index contributed by atoms with van der Waals surface area (Å²) in [5.41, 5.74) is 3.00. The van der Waals surface area contributed by atoms with Crippen LogP contribution in [-0.4, -0.2) is 48.8 Å². The zero-order valence-corrected chi connectivity index (χ0v) is 22.8. The van der Waals surface area contributed by atoms with Crippen molar-refractivity contribution in [1.29, 1.82) is 0 Å². The van der Waals surface area contributed by atoms with E-state index < -0.39 is 24.7 Å². The van der Waals surface area contributed by atoms with Crippen LogP contribution in [-0.2, 0) is 19.1 Å². The lowest BCUT2D eigenvalue weighted by Crippen LogP contribution is -2.13. The molecule has 0 bridgehead atoms. The summed E-state index contributed by atoms with van der Waals surface area (Å²) in [6.45, 7) is 6.48. The fourth-order valence-corrected chi connectivity index (χ4v) is 3.43. The summed E-state index contributed by atoms with van der Waals surface area (Å²) >= 11 is 0. The number of allylic oxidation sites excluding steroid dienone is 1. The molecule has 0 heterocycles. The minimum Gasteiger partial charge on any atom is -0.462 e. The van der Waals surface area contributed by atoms with Gasteiger partial charge < -0.3 is 24.1 Å². The number of carbonyl (C=O) groups excluding carboxylic acids is 4. The summed E-state index contributed by atoms with van der Waals surface area (Å²) in [7, 11) is 0. The average Bonchev–Trinajstić information content (AvgIpc) is 3.02. The molecular formula is C33H30O9. The molecule has 0 aromatic heterocycles. The highest BCUT2D eigenvalue weighted by molar-refractivity contribution is 6.07. The first kappa shape index (κ1) is 31.3. The summed E-state index contributed by atoms with van der Waals surface area (Å²) < 4.78 is 20.1. The van der Waals surface area contributed by atoms with Gasteiger partial charge in [-0.15, -0.1) is 0 Å². The Morgan fingerprint density at radius 1 is 0.738 bits per heavy atom. The van der Waals surface area contributed by atoms with Gasteiger partial charge >= 0.3 is 18.1 Å². The van der Waals surface area contributed by atoms with Gasteiger partial charge in [-0.3, -0.25) is 4.79 Å². The molecule has 42 heavy (non-hydrogen) atoms. The Labute approximate surface area is 243 Å². The van der Waals surface area contributed by atoms with Crippen LogP contribution in [0.25, 0.3) is 17.2 Å². The molecule has 0 unspecified atom stereocenters. The maximum atomic E-state index is 12.6. The second-order valence-corrected chi connectivity index (χ2v) is 8.80. The molecule has 0 saturated carbocycles. The number of aliphatic hydroxyl groups excluding tert-OH is 1. The second-order valence-electron chi connectivity index (χ2n) is 8.80. The maximum absolute atomic E-state index is 12.6. The Balaban J connectivity index is 1.43. The molecule has 0 aliphatic carbocycles. The Hall–Kier alpha value is -5.28. The van der Waals surface area contributed by atoms with E-state index in [-0.39, 0.29) is 24.6 Å². The van der Waals surface area contributed by atoms with Crippen molar-refractivity contribution in [2.45, 2.75) is 12.8 Å². The van der Waals surface area contributed by atoms with E-state index in [4.69, 9.17) is 24.1 Å². The zero-order valence-electron chi connectivity index (χ0n) is 22.8. The Morgan fingerprint density at radius 2 is 1.29 bits per heavy atom. The molecule has 0 aliphatic heterocycles. The van der Waals surface area contributed by atoms with Crippen LogP contribution in [0.2, 0.25) is 0 Å². The van der Waals surface area contributed by atoms with E-state index in [9.17, 15) is 19.2 Å². The van der Waals surface area contributed by atoms with Crippen LogP contribution in [0, 0.1) is 0 Å². The number of hydrogen-bond donors (Lipinski definition) is 1. The number of esters is 2. The van der Waals surface area contributed by atoms with Crippen molar-refractivity contribution in [2.75, 3.05) is 19.8 Å². The van der Waals surface area contributed by atoms with Crippen molar-refractivity contribution >= 4 is 30.0 Å². The van der Waals surface area contributed by atoms with E-state index >= 15 is 0 Å². The zero-order chi connectivity index (χ0) is 30.3. The summed E-state index contributed by atoms with van der Waals surface area (Å²) in [5.74, 6) is -0.677. The van der Waals surface area contributed by atoms with Crippen LogP contribution in [0.5, 0.6) is 11.5 Å². The van der Waals surface area contributed by atoms with Crippen molar-refractivity contribution in [3.8, 4) is 22.6 Å². The molecule has 0 amide bonds. The van der Waals surface area contributed by atoms with Crippen molar-refractivity contribution in [3.05, 3.63) is 115 Å². The first-order valence-corrected chi connectivity index (χ1v) is 13.0. The van der Waals surface area contributed by atoms with Gasteiger partial charge in [-0.1, -0.05) is 67.8 Å². The Bertz CT molecular complexity index is 1430. The fraction of sp³-hybridized carbons (Fsp3) is 0.152. The summed E-state index contributed by atoms with van der Waals surface area (Å²) in [6.07, 6.45) is 4.30. The van der Waals surface area contributed by atoms with Crippen LogP contribution in [0.4, 0.5) is 4.79 Å². The van der Waals surface area contributed by atoms with E-state index in [1.807, 2.05) is 12.1 Å². The van der Waals surface area contributed by atoms with Gasteiger partial charge in [-0.05, 0) is 59.9 Å². The number of hydrogen-bond acceptors (Lipinski definition) is 9. The van der Waals surface area contributed by atoms with Crippen LogP contribution in [0.1, 0.15) is 28.8 Å². The Morgan fingerprint density at radius 3 is 1.88 bits per heavy atom. The lowest BCUT2D eigenvalue weighted by molar-refractivity contribution is -0.139. The minimum atomic E-state index is -0.851. The molecule has 9 nitrogen and oxygen atoms in total. The van der Waals surface area contributed by atoms with Gasteiger partial charge in [-0.25, -0.2) is 14.4 Å². The first-order valence-electron chi connectivity index (χ1n) is 13.0. The largest absolute Gasteiger partial charge is 0.513 e. The summed E-state index contributed by atoms with van der Waals surface area (Å²) in [5, 5.41) is 8.81. The quantitative estimate of drug-likeness (QED) is 0.0646. The molecule has 0 aliphatic rings. The third kappa shape index (κ3) is 10.0. The van der Waals surface area contributed by atoms with Crippen molar-refractivity contribution in [1.82, 2.24) is 0 Å². The number of unbranched alkanes of at least 4 members (excludes halogenated alkanes) is 1. The third-order valence-corrected chi connectivity index (χ3v) is 5.72. The SMILES string of the molecule is C=CC(=O)Oc1ccc(/C=C/C(=O)c2ccc(-c3ccc(OC(=O)OCCCCOC(=O)C(=C)CO)cc3)cc2)cc1. The van der Waals surface area contributed by atoms with E-state index in [0.29, 0.717) is 29.9 Å². The van der Waals surface area contributed by atoms with E-state index in [1.165, 1.54) is 6.08 Å². The summed E-state index contributed by atoms with van der Waals surface area (Å²) in [6, 6.07) is 20.7. The minimum absolute atomic E-state index is 0.0203. The standard InChI is InChI=1S/C33H30O9/c1-3-31(36)41-28-15-6-24(7-16-28)8-19-30(35)27-11-9-25(10-12-27)26-13-17-29(18-14-26)42-33(38)40-21-5-4-20-39-32(37)23(2)22-34/h3,6-19,34H,1-2,4-5,20-22H2/b19-8+. The molecule has 1 N–H and O–H groups in total. The molecule has 0 saturated heterocycles. The monoisotopic (exact) mass is 570 g/mol. The topological polar surface area (TPSA) is 125 Å². The first-order chi connectivity index (χ1) is 20.3. The van der Waals surface area contributed by atoms with Crippen LogP contribution >= 0.6 is 0 Å². The van der Waals surface area contributed by atoms with Gasteiger partial charge in [-0.2, -0.15) is 0 Å². The third-order valence-electron chi connectivity index (χ3n) is 5.72. The van der Waals surface area contributed by atoms with Gasteiger partial charge in [0.1, 0.15) is 11.5 Å². The number of ether oxygens (including phenoxy) is 4. The summed E-state index contributed by atoms with van der Waals surface area (Å²) in [4.78, 5) is 47.1. The number of carbonyl (C=O) groups is 4. The molecule has 0 fully saturated rings. The average molecular weight is 571 g/mol. The van der Waals surface area contributed by atoms with E-state index in [1.54, 1.807) is 66.7 Å². The van der Waals surface area contributed by atoms with Crippen molar-refractivity contribution in [2.24, 2.45) is 0 Å². The molecule has 9 heteroatoms. The van der Waals surface area contributed by atoms with Crippen molar-refractivity contribution in [3.63, 3.8) is 0 Å². The maximum Gasteiger partial charge on any atom is 0.513 e. The predicted molar refractivity (Wildman–Crippen MR) is 156 cm³/mol. The lowest BCUT2D eigenvalue weighted by Gasteiger charge is -2.08. The van der Waals surface area contributed by atoms with E-state index in [0.717, 1.165) is 22.8 Å². The highest BCUT2D eigenvalue weighted by atomic mass is 16.7. The van der Waals surface area contributed by atoms with Crippen LogP contribution in [0.3, 0.4) is 0 Å². The number of aliphatic hydroxyl groups is 1. The van der Waals surface area contributed by atoms with Gasteiger partial charge in [0.25, 0.3) is 0 Å². The molecule has 3 rings (SSSR count). The molecule has 216 valence electrons. The molecule has 3 aromatic carbocycles. The van der Waals surface area contributed by atoms with Gasteiger partial charge in [0.05, 0.1) is 25.4 Å². The number of benzene rings is 3. The second kappa shape index (κ2) is 16.1. The number of rotatable bonds is 14. The number of ketones is 1. The van der Waals surface area contributed by atoms with Crippen LogP contribution < -0.4 is 9.47 Å². The molecule has 0 atom stereocenters.